The van der Waals surface area contributed by atoms with Crippen molar-refractivity contribution >= 4 is 65.3 Å². The normalized spacial score (nSPS) is 9.23. The molecule has 0 aliphatic carbocycles. The molecule has 13 heavy (non-hydrogen) atoms. The Morgan fingerprint density at radius 2 is 0.692 bits per heavy atom. The van der Waals surface area contributed by atoms with E-state index in [2.05, 4.69) is 0 Å². The van der Waals surface area contributed by atoms with Gasteiger partial charge in [0.25, 0.3) is 0 Å². The van der Waals surface area contributed by atoms with E-state index < -0.39 is 20.8 Å². The van der Waals surface area contributed by atoms with Gasteiger partial charge in [-0.3, -0.25) is 18.2 Å². The van der Waals surface area contributed by atoms with E-state index in [1.807, 2.05) is 6.79 Å². The second-order valence-corrected chi connectivity index (χ2v) is 2.69. The number of carbonyl (C=O) groups excluding carboxylic acids is 1. The SMILES string of the molecule is C=O.O=S(=O)(O)O.O=S(=O)(O)O.[CaH2]. The maximum absolute atomic E-state index is 8.74. The molecule has 4 N–H and O–H groups in total. The van der Waals surface area contributed by atoms with Gasteiger partial charge in [-0.1, -0.05) is 0 Å². The van der Waals surface area contributed by atoms with Crippen molar-refractivity contribution in [3.05, 3.63) is 0 Å². The Hall–Kier alpha value is 0.670. The molecule has 0 bridgehead atoms. The topological polar surface area (TPSA) is 166 Å². The number of carbonyl (C=O) groups is 1. The van der Waals surface area contributed by atoms with Crippen LogP contribution in [0.5, 0.6) is 0 Å². The van der Waals surface area contributed by atoms with E-state index in [-0.39, 0.29) is 37.7 Å². The van der Waals surface area contributed by atoms with Gasteiger partial charge in [-0.15, -0.1) is 0 Å². The predicted molar refractivity (Wildman–Crippen MR) is 44.0 cm³/mol. The third-order valence-electron chi connectivity index (χ3n) is 0. The molecule has 0 aromatic carbocycles. The first kappa shape index (κ1) is 23.5. The minimum absolute atomic E-state index is 0. The summed E-state index contributed by atoms with van der Waals surface area (Å²) in [5.74, 6) is 0. The first-order valence-corrected chi connectivity index (χ1v) is 4.48. The van der Waals surface area contributed by atoms with E-state index >= 15 is 0 Å². The molecule has 0 rings (SSSR count). The molecule has 80 valence electrons. The summed E-state index contributed by atoms with van der Waals surface area (Å²) < 4.78 is 63.2. The molecule has 0 radical (unpaired) electrons. The van der Waals surface area contributed by atoms with Gasteiger partial charge in [0.2, 0.25) is 0 Å². The van der Waals surface area contributed by atoms with E-state index in [4.69, 9.17) is 39.8 Å². The molecule has 0 spiro atoms. The zero-order valence-corrected chi connectivity index (χ0v) is 6.99. The number of hydrogen-bond acceptors (Lipinski definition) is 5. The summed E-state index contributed by atoms with van der Waals surface area (Å²) in [7, 11) is -9.33. The fraction of sp³-hybridized carbons (Fsp3) is 0. The van der Waals surface area contributed by atoms with Gasteiger partial charge in [0.05, 0.1) is 0 Å². The van der Waals surface area contributed by atoms with E-state index in [0.29, 0.717) is 0 Å². The molecule has 0 saturated heterocycles. The van der Waals surface area contributed by atoms with Crippen LogP contribution in [0.3, 0.4) is 0 Å². The van der Waals surface area contributed by atoms with Crippen LogP contribution in [-0.4, -0.2) is 79.6 Å². The first-order chi connectivity index (χ1) is 5.00. The Bertz CT molecular complexity index is 227. The summed E-state index contributed by atoms with van der Waals surface area (Å²) in [6.45, 7) is 2.00. The molecule has 12 heteroatoms. The van der Waals surface area contributed by atoms with Crippen LogP contribution in [0.15, 0.2) is 0 Å². The van der Waals surface area contributed by atoms with Crippen LogP contribution in [0.1, 0.15) is 0 Å². The zero-order chi connectivity index (χ0) is 11.0. The summed E-state index contributed by atoms with van der Waals surface area (Å²) in [5.41, 5.74) is 0. The first-order valence-electron chi connectivity index (χ1n) is 1.69. The van der Waals surface area contributed by atoms with Crippen molar-refractivity contribution < 1.29 is 39.8 Å². The van der Waals surface area contributed by atoms with Crippen LogP contribution in [-0.2, 0) is 25.6 Å². The van der Waals surface area contributed by atoms with Gasteiger partial charge in [0.1, 0.15) is 6.79 Å². The van der Waals surface area contributed by atoms with E-state index in [1.165, 1.54) is 0 Å². The van der Waals surface area contributed by atoms with Crippen LogP contribution >= 0.6 is 0 Å². The molecule has 0 amide bonds. The molecule has 0 unspecified atom stereocenters. The van der Waals surface area contributed by atoms with Crippen molar-refractivity contribution in [1.29, 1.82) is 0 Å². The Morgan fingerprint density at radius 3 is 0.692 bits per heavy atom. The number of rotatable bonds is 0. The molecule has 0 aromatic heterocycles. The molecule has 0 aliphatic rings. The van der Waals surface area contributed by atoms with Gasteiger partial charge in [-0.2, -0.15) is 16.8 Å². The van der Waals surface area contributed by atoms with Crippen molar-refractivity contribution in [1.82, 2.24) is 0 Å². The molecule has 0 aromatic rings. The Kier molecular flexibility index (Phi) is 19.4. The molecule has 0 fully saturated rings. The van der Waals surface area contributed by atoms with Crippen LogP contribution in [0.2, 0.25) is 0 Å². The molecule has 0 aliphatic heterocycles. The quantitative estimate of drug-likeness (QED) is 0.276. The van der Waals surface area contributed by atoms with Crippen molar-refractivity contribution in [2.24, 2.45) is 0 Å². The van der Waals surface area contributed by atoms with Gasteiger partial charge in [0.15, 0.2) is 0 Å². The van der Waals surface area contributed by atoms with E-state index in [9.17, 15) is 0 Å². The van der Waals surface area contributed by atoms with Gasteiger partial charge in [-0.05, 0) is 0 Å². The van der Waals surface area contributed by atoms with Gasteiger partial charge in [0, 0.05) is 0 Å². The molecular weight excluding hydrogens is 260 g/mol. The standard InChI is InChI=1S/CH2O.Ca.2H2O4S.2H/c1-2;;2*1-5(2,3)4;;/h1H2;;2*(H2,1,2,3,4);;. The fourth-order valence-corrected chi connectivity index (χ4v) is 0. The Labute approximate surface area is 104 Å². The Balaban J connectivity index is -0.0000000491. The maximum atomic E-state index is 8.74. The predicted octanol–water partition coefficient (Wildman–Crippen LogP) is -2.41. The van der Waals surface area contributed by atoms with Crippen molar-refractivity contribution in [3.8, 4) is 0 Å². The number of hydrogen-bond donors (Lipinski definition) is 4. The average molecular weight is 268 g/mol. The van der Waals surface area contributed by atoms with Crippen LogP contribution in [0.4, 0.5) is 0 Å². The molecular formula is CH8CaO9S2. The second-order valence-electron chi connectivity index (χ2n) is 0.896. The third-order valence-corrected chi connectivity index (χ3v) is 0. The average Bonchev–Trinajstić information content (AvgIpc) is 1.59. The third kappa shape index (κ3) is 3220. The zero-order valence-electron chi connectivity index (χ0n) is 5.35. The van der Waals surface area contributed by atoms with Crippen molar-refractivity contribution in [2.45, 2.75) is 0 Å². The summed E-state index contributed by atoms with van der Waals surface area (Å²) >= 11 is 0. The fourth-order valence-electron chi connectivity index (χ4n) is 0. The van der Waals surface area contributed by atoms with E-state index in [0.717, 1.165) is 0 Å². The van der Waals surface area contributed by atoms with Crippen LogP contribution < -0.4 is 0 Å². The molecule has 0 heterocycles. The second kappa shape index (κ2) is 10.7. The summed E-state index contributed by atoms with van der Waals surface area (Å²) in [6.07, 6.45) is 0. The molecule has 9 nitrogen and oxygen atoms in total. The summed E-state index contributed by atoms with van der Waals surface area (Å²) in [6, 6.07) is 0. The van der Waals surface area contributed by atoms with E-state index in [1.54, 1.807) is 0 Å². The van der Waals surface area contributed by atoms with Crippen LogP contribution in [0, 0.1) is 0 Å². The van der Waals surface area contributed by atoms with Crippen molar-refractivity contribution in [3.63, 3.8) is 0 Å². The Morgan fingerprint density at radius 1 is 0.692 bits per heavy atom. The monoisotopic (exact) mass is 268 g/mol. The molecule has 0 atom stereocenters. The van der Waals surface area contributed by atoms with Crippen molar-refractivity contribution in [2.75, 3.05) is 0 Å². The summed E-state index contributed by atoms with van der Waals surface area (Å²) in [4.78, 5) is 8.00. The van der Waals surface area contributed by atoms with Gasteiger partial charge < -0.3 is 4.79 Å². The minimum atomic E-state index is -4.67. The molecule has 0 saturated carbocycles. The van der Waals surface area contributed by atoms with Gasteiger partial charge in [-0.25, -0.2) is 0 Å². The van der Waals surface area contributed by atoms with Gasteiger partial charge >= 0.3 is 58.5 Å². The summed E-state index contributed by atoms with van der Waals surface area (Å²) in [5, 5.41) is 0. The van der Waals surface area contributed by atoms with Crippen LogP contribution in [0.25, 0.3) is 0 Å².